The highest BCUT2D eigenvalue weighted by molar-refractivity contribution is 5.89. The van der Waals surface area contributed by atoms with Crippen LogP contribution in [0.4, 0.5) is 23.0 Å². The fourth-order valence-electron chi connectivity index (χ4n) is 2.70. The Hall–Kier alpha value is -2.67. The monoisotopic (exact) mass is 341 g/mol. The number of aromatic nitrogens is 2. The molecule has 0 atom stereocenters. The molecule has 7 nitrogen and oxygen atoms in total. The highest BCUT2D eigenvalue weighted by Gasteiger charge is 2.14. The molecule has 7 heteroatoms. The van der Waals surface area contributed by atoms with E-state index >= 15 is 0 Å². The van der Waals surface area contributed by atoms with Gasteiger partial charge in [-0.2, -0.15) is 0 Å². The molecule has 0 aliphatic carbocycles. The molecule has 1 aliphatic heterocycles. The number of nitrogens with zero attached hydrogens (tertiary/aromatic N) is 3. The van der Waals surface area contributed by atoms with Crippen molar-refractivity contribution in [2.75, 3.05) is 41.8 Å². The zero-order valence-electron chi connectivity index (χ0n) is 14.4. The predicted molar refractivity (Wildman–Crippen MR) is 98.3 cm³/mol. The second kappa shape index (κ2) is 8.43. The van der Waals surface area contributed by atoms with Gasteiger partial charge in [0.15, 0.2) is 11.6 Å². The Morgan fingerprint density at radius 3 is 2.56 bits per heavy atom. The molecule has 0 spiro atoms. The lowest BCUT2D eigenvalue weighted by molar-refractivity contribution is -0.116. The van der Waals surface area contributed by atoms with Gasteiger partial charge < -0.3 is 20.3 Å². The smallest absolute Gasteiger partial charge is 0.225 e. The lowest BCUT2D eigenvalue weighted by Gasteiger charge is -2.30. The third kappa shape index (κ3) is 4.67. The van der Waals surface area contributed by atoms with Crippen LogP contribution >= 0.6 is 0 Å². The number of benzene rings is 1. The van der Waals surface area contributed by atoms with E-state index in [1.165, 1.54) is 0 Å². The van der Waals surface area contributed by atoms with Crippen molar-refractivity contribution in [1.29, 1.82) is 0 Å². The zero-order valence-corrected chi connectivity index (χ0v) is 14.4. The Morgan fingerprint density at radius 1 is 1.12 bits per heavy atom. The molecule has 2 heterocycles. The summed E-state index contributed by atoms with van der Waals surface area (Å²) in [7, 11) is 0. The summed E-state index contributed by atoms with van der Waals surface area (Å²) in [4.78, 5) is 13.9. The molecule has 0 radical (unpaired) electrons. The normalized spacial score (nSPS) is 14.2. The van der Waals surface area contributed by atoms with Crippen molar-refractivity contribution in [3.8, 4) is 0 Å². The molecule has 0 saturated carbocycles. The summed E-state index contributed by atoms with van der Waals surface area (Å²) in [5, 5.41) is 14.3. The average Bonchev–Trinajstić information content (AvgIpc) is 2.65. The number of carbonyl (C=O) groups is 1. The maximum atomic E-state index is 11.6. The molecule has 1 fully saturated rings. The Morgan fingerprint density at radius 2 is 1.84 bits per heavy atom. The molecule has 25 heavy (non-hydrogen) atoms. The van der Waals surface area contributed by atoms with E-state index < -0.39 is 0 Å². The molecular weight excluding hydrogens is 318 g/mol. The van der Waals surface area contributed by atoms with Gasteiger partial charge in [0, 0.05) is 19.5 Å². The predicted octanol–water partition coefficient (Wildman–Crippen LogP) is 2.80. The van der Waals surface area contributed by atoms with Crippen LogP contribution in [-0.4, -0.2) is 42.4 Å². The third-order valence-electron chi connectivity index (χ3n) is 3.93. The number of para-hydroxylation sites is 2. The fraction of sp³-hybridized carbons (Fsp3) is 0.389. The van der Waals surface area contributed by atoms with Crippen LogP contribution in [0.2, 0.25) is 0 Å². The van der Waals surface area contributed by atoms with Gasteiger partial charge in [-0.3, -0.25) is 4.79 Å². The van der Waals surface area contributed by atoms with E-state index in [-0.39, 0.29) is 5.91 Å². The SMILES string of the molecule is CCCC(=O)Nc1ccc(Nc2ccccc2N2CCOCC2)nn1. The van der Waals surface area contributed by atoms with Crippen molar-refractivity contribution >= 4 is 28.9 Å². The van der Waals surface area contributed by atoms with Gasteiger partial charge in [-0.25, -0.2) is 0 Å². The molecule has 0 bridgehead atoms. The van der Waals surface area contributed by atoms with Crippen LogP contribution in [0.25, 0.3) is 0 Å². The van der Waals surface area contributed by atoms with Gasteiger partial charge in [-0.1, -0.05) is 19.1 Å². The van der Waals surface area contributed by atoms with Crippen molar-refractivity contribution in [3.63, 3.8) is 0 Å². The van der Waals surface area contributed by atoms with Crippen LogP contribution in [0.1, 0.15) is 19.8 Å². The highest BCUT2D eigenvalue weighted by Crippen LogP contribution is 2.28. The maximum absolute atomic E-state index is 11.6. The minimum absolute atomic E-state index is 0.0461. The van der Waals surface area contributed by atoms with Crippen LogP contribution in [0, 0.1) is 0 Å². The summed E-state index contributed by atoms with van der Waals surface area (Å²) in [6.07, 6.45) is 1.28. The summed E-state index contributed by atoms with van der Waals surface area (Å²) in [5.74, 6) is 1.05. The fourth-order valence-corrected chi connectivity index (χ4v) is 2.70. The first-order valence-corrected chi connectivity index (χ1v) is 8.58. The minimum atomic E-state index is -0.0461. The summed E-state index contributed by atoms with van der Waals surface area (Å²) in [5.41, 5.74) is 2.09. The molecule has 1 amide bonds. The van der Waals surface area contributed by atoms with Crippen LogP contribution in [0.5, 0.6) is 0 Å². The van der Waals surface area contributed by atoms with Crippen LogP contribution in [0.15, 0.2) is 36.4 Å². The molecule has 1 aromatic heterocycles. The second-order valence-electron chi connectivity index (χ2n) is 5.84. The minimum Gasteiger partial charge on any atom is -0.378 e. The summed E-state index contributed by atoms with van der Waals surface area (Å²) < 4.78 is 5.42. The molecule has 1 aromatic carbocycles. The largest absolute Gasteiger partial charge is 0.378 e. The van der Waals surface area contributed by atoms with Crippen LogP contribution < -0.4 is 15.5 Å². The van der Waals surface area contributed by atoms with E-state index in [2.05, 4.69) is 31.8 Å². The van der Waals surface area contributed by atoms with Gasteiger partial charge in [0.25, 0.3) is 0 Å². The number of hydrogen-bond donors (Lipinski definition) is 2. The van der Waals surface area contributed by atoms with Gasteiger partial charge in [0.1, 0.15) is 0 Å². The second-order valence-corrected chi connectivity index (χ2v) is 5.84. The van der Waals surface area contributed by atoms with Crippen LogP contribution in [0.3, 0.4) is 0 Å². The lowest BCUT2D eigenvalue weighted by atomic mass is 10.2. The van der Waals surface area contributed by atoms with E-state index in [0.29, 0.717) is 18.1 Å². The van der Waals surface area contributed by atoms with E-state index in [9.17, 15) is 4.79 Å². The lowest BCUT2D eigenvalue weighted by Crippen LogP contribution is -2.36. The number of anilines is 4. The number of nitrogens with one attached hydrogen (secondary N) is 2. The first kappa shape index (κ1) is 17.2. The molecule has 3 rings (SSSR count). The van der Waals surface area contributed by atoms with Crippen molar-refractivity contribution in [1.82, 2.24) is 10.2 Å². The Balaban J connectivity index is 1.69. The van der Waals surface area contributed by atoms with E-state index in [0.717, 1.165) is 44.1 Å². The number of carbonyl (C=O) groups excluding carboxylic acids is 1. The van der Waals surface area contributed by atoms with Crippen molar-refractivity contribution in [2.45, 2.75) is 19.8 Å². The van der Waals surface area contributed by atoms with Gasteiger partial charge in [-0.15, -0.1) is 10.2 Å². The van der Waals surface area contributed by atoms with Gasteiger partial charge in [0.2, 0.25) is 5.91 Å². The molecule has 132 valence electrons. The number of hydrogen-bond acceptors (Lipinski definition) is 6. The molecule has 2 N–H and O–H groups in total. The topological polar surface area (TPSA) is 79.4 Å². The van der Waals surface area contributed by atoms with Crippen molar-refractivity contribution < 1.29 is 9.53 Å². The molecule has 1 aliphatic rings. The Labute approximate surface area is 147 Å². The number of ether oxygens (including phenoxy) is 1. The van der Waals surface area contributed by atoms with Gasteiger partial charge in [-0.05, 0) is 30.7 Å². The Bertz CT molecular complexity index is 699. The van der Waals surface area contributed by atoms with Crippen LogP contribution in [-0.2, 0) is 9.53 Å². The summed E-state index contributed by atoms with van der Waals surface area (Å²) in [6.45, 7) is 5.17. The standard InChI is InChI=1S/C18H23N5O2/c1-2-5-18(24)20-17-9-8-16(21-22-17)19-14-6-3-4-7-15(14)23-10-12-25-13-11-23/h3-4,6-9H,2,5,10-13H2,1H3,(H,19,21)(H,20,22,24). The number of morpholine rings is 1. The third-order valence-corrected chi connectivity index (χ3v) is 3.93. The van der Waals surface area contributed by atoms with E-state index in [1.54, 1.807) is 6.07 Å². The molecule has 0 unspecified atom stereocenters. The van der Waals surface area contributed by atoms with Gasteiger partial charge in [0.05, 0.1) is 24.6 Å². The van der Waals surface area contributed by atoms with E-state index in [4.69, 9.17) is 4.74 Å². The molecular formula is C18H23N5O2. The average molecular weight is 341 g/mol. The summed E-state index contributed by atoms with van der Waals surface area (Å²) in [6, 6.07) is 11.7. The first-order valence-electron chi connectivity index (χ1n) is 8.58. The highest BCUT2D eigenvalue weighted by atomic mass is 16.5. The first-order chi connectivity index (χ1) is 12.3. The maximum Gasteiger partial charge on any atom is 0.225 e. The molecule has 2 aromatic rings. The zero-order chi connectivity index (χ0) is 17.5. The number of amides is 1. The van der Waals surface area contributed by atoms with E-state index in [1.807, 2.05) is 31.2 Å². The molecule has 1 saturated heterocycles. The summed E-state index contributed by atoms with van der Waals surface area (Å²) >= 11 is 0. The van der Waals surface area contributed by atoms with Crippen molar-refractivity contribution in [2.24, 2.45) is 0 Å². The number of rotatable bonds is 6. The Kier molecular flexibility index (Phi) is 5.79. The van der Waals surface area contributed by atoms with Gasteiger partial charge >= 0.3 is 0 Å². The van der Waals surface area contributed by atoms with Crippen molar-refractivity contribution in [3.05, 3.63) is 36.4 Å². The quantitative estimate of drug-likeness (QED) is 0.841.